The Hall–Kier alpha value is -1.18. The highest BCUT2D eigenvalue weighted by Crippen LogP contribution is 2.19. The van der Waals surface area contributed by atoms with Gasteiger partial charge in [0.2, 0.25) is 0 Å². The zero-order valence-electron chi connectivity index (χ0n) is 9.01. The van der Waals surface area contributed by atoms with Gasteiger partial charge in [0.05, 0.1) is 0 Å². The lowest BCUT2D eigenvalue weighted by atomic mass is 10.2. The lowest BCUT2D eigenvalue weighted by Gasteiger charge is -2.07. The summed E-state index contributed by atoms with van der Waals surface area (Å²) >= 11 is 0. The molecule has 0 bridgehead atoms. The van der Waals surface area contributed by atoms with E-state index in [2.05, 4.69) is 12.2 Å². The minimum atomic E-state index is 0.365. The second-order valence-electron chi connectivity index (χ2n) is 3.64. The van der Waals surface area contributed by atoms with Gasteiger partial charge in [0.1, 0.15) is 5.75 Å². The van der Waals surface area contributed by atoms with Crippen molar-refractivity contribution in [1.29, 1.82) is 0 Å². The fourth-order valence-electron chi connectivity index (χ4n) is 1.37. The Kier molecular flexibility index (Phi) is 4.30. The van der Waals surface area contributed by atoms with E-state index >= 15 is 0 Å². The number of nitrogens with one attached hydrogen (secondary N) is 1. The molecule has 0 radical (unpaired) electrons. The van der Waals surface area contributed by atoms with Crippen molar-refractivity contribution >= 4 is 5.69 Å². The number of unbranched alkanes of at least 4 members (excludes halogenated alkanes) is 2. The Morgan fingerprint density at radius 2 is 2.07 bits per heavy atom. The van der Waals surface area contributed by atoms with Crippen molar-refractivity contribution in [2.24, 2.45) is 0 Å². The van der Waals surface area contributed by atoms with Gasteiger partial charge in [-0.1, -0.05) is 19.8 Å². The molecule has 0 spiro atoms. The number of benzene rings is 1. The SMILES string of the molecule is CCCCCNc1ccc(O)c(C)c1. The van der Waals surface area contributed by atoms with Crippen LogP contribution in [0.25, 0.3) is 0 Å². The zero-order valence-corrected chi connectivity index (χ0v) is 9.01. The van der Waals surface area contributed by atoms with E-state index in [1.807, 2.05) is 19.1 Å². The molecule has 2 heteroatoms. The summed E-state index contributed by atoms with van der Waals surface area (Å²) in [4.78, 5) is 0. The van der Waals surface area contributed by atoms with Crippen LogP contribution in [0.2, 0.25) is 0 Å². The molecule has 78 valence electrons. The minimum Gasteiger partial charge on any atom is -0.508 e. The number of aromatic hydroxyl groups is 1. The van der Waals surface area contributed by atoms with Crippen LogP contribution >= 0.6 is 0 Å². The number of rotatable bonds is 5. The first-order valence-corrected chi connectivity index (χ1v) is 5.27. The Balaban J connectivity index is 2.39. The van der Waals surface area contributed by atoms with Crippen LogP contribution in [0.15, 0.2) is 18.2 Å². The quantitative estimate of drug-likeness (QED) is 0.555. The molecule has 2 N–H and O–H groups in total. The molecule has 1 rings (SSSR count). The fourth-order valence-corrected chi connectivity index (χ4v) is 1.37. The van der Waals surface area contributed by atoms with Gasteiger partial charge in [0.15, 0.2) is 0 Å². The highest BCUT2D eigenvalue weighted by Gasteiger charge is 1.96. The molecule has 0 saturated heterocycles. The molecule has 0 aliphatic rings. The number of phenols is 1. The summed E-state index contributed by atoms with van der Waals surface area (Å²) in [6, 6.07) is 5.62. The lowest BCUT2D eigenvalue weighted by Crippen LogP contribution is -2.01. The van der Waals surface area contributed by atoms with E-state index in [0.29, 0.717) is 5.75 Å². The van der Waals surface area contributed by atoms with Gasteiger partial charge < -0.3 is 10.4 Å². The molecule has 0 fully saturated rings. The molecule has 0 aliphatic heterocycles. The standard InChI is InChI=1S/C12H19NO/c1-3-4-5-8-13-11-6-7-12(14)10(2)9-11/h6-7,9,13-14H,3-5,8H2,1-2H3. The normalized spacial score (nSPS) is 10.1. The third-order valence-electron chi connectivity index (χ3n) is 2.31. The maximum atomic E-state index is 9.33. The summed E-state index contributed by atoms with van der Waals surface area (Å²) in [5.74, 6) is 0.365. The zero-order chi connectivity index (χ0) is 10.4. The van der Waals surface area contributed by atoms with Crippen molar-refractivity contribution in [3.63, 3.8) is 0 Å². The number of hydrogen-bond acceptors (Lipinski definition) is 2. The summed E-state index contributed by atoms with van der Waals surface area (Å²) < 4.78 is 0. The van der Waals surface area contributed by atoms with Crippen molar-refractivity contribution < 1.29 is 5.11 Å². The van der Waals surface area contributed by atoms with Gasteiger partial charge in [0.25, 0.3) is 0 Å². The molecule has 1 aromatic carbocycles. The minimum absolute atomic E-state index is 0.365. The van der Waals surface area contributed by atoms with E-state index < -0.39 is 0 Å². The molecule has 0 heterocycles. The Morgan fingerprint density at radius 1 is 1.29 bits per heavy atom. The number of aryl methyl sites for hydroxylation is 1. The maximum absolute atomic E-state index is 9.33. The Bertz CT molecular complexity index is 284. The van der Waals surface area contributed by atoms with Crippen molar-refractivity contribution in [1.82, 2.24) is 0 Å². The van der Waals surface area contributed by atoms with Crippen LogP contribution in [0.5, 0.6) is 5.75 Å². The molecule has 0 amide bonds. The average Bonchev–Trinajstić information content (AvgIpc) is 2.18. The molecule has 2 nitrogen and oxygen atoms in total. The molecule has 1 aromatic rings. The van der Waals surface area contributed by atoms with E-state index in [1.54, 1.807) is 6.07 Å². The van der Waals surface area contributed by atoms with Gasteiger partial charge in [-0.05, 0) is 37.1 Å². The predicted molar refractivity (Wildman–Crippen MR) is 60.9 cm³/mol. The van der Waals surface area contributed by atoms with E-state index in [4.69, 9.17) is 0 Å². The third-order valence-corrected chi connectivity index (χ3v) is 2.31. The summed E-state index contributed by atoms with van der Waals surface area (Å²) in [5.41, 5.74) is 2.02. The van der Waals surface area contributed by atoms with Crippen LogP contribution in [0.1, 0.15) is 31.7 Å². The topological polar surface area (TPSA) is 32.3 Å². The largest absolute Gasteiger partial charge is 0.508 e. The fraction of sp³-hybridized carbons (Fsp3) is 0.500. The Morgan fingerprint density at radius 3 is 2.71 bits per heavy atom. The average molecular weight is 193 g/mol. The van der Waals surface area contributed by atoms with Gasteiger partial charge in [-0.2, -0.15) is 0 Å². The monoisotopic (exact) mass is 193 g/mol. The molecule has 0 aliphatic carbocycles. The first-order valence-electron chi connectivity index (χ1n) is 5.27. The van der Waals surface area contributed by atoms with Gasteiger partial charge in [-0.3, -0.25) is 0 Å². The van der Waals surface area contributed by atoms with Gasteiger partial charge in [-0.15, -0.1) is 0 Å². The van der Waals surface area contributed by atoms with Crippen molar-refractivity contribution in [3.8, 4) is 5.75 Å². The third kappa shape index (κ3) is 3.29. The van der Waals surface area contributed by atoms with Gasteiger partial charge >= 0.3 is 0 Å². The number of anilines is 1. The first kappa shape index (κ1) is 10.9. The second kappa shape index (κ2) is 5.53. The van der Waals surface area contributed by atoms with Crippen LogP contribution in [-0.2, 0) is 0 Å². The smallest absolute Gasteiger partial charge is 0.118 e. The molecule has 0 unspecified atom stereocenters. The highest BCUT2D eigenvalue weighted by atomic mass is 16.3. The van der Waals surface area contributed by atoms with Crippen molar-refractivity contribution in [3.05, 3.63) is 23.8 Å². The molecule has 0 aromatic heterocycles. The van der Waals surface area contributed by atoms with Crippen LogP contribution in [0.3, 0.4) is 0 Å². The predicted octanol–water partition coefficient (Wildman–Crippen LogP) is 3.30. The first-order chi connectivity index (χ1) is 6.74. The highest BCUT2D eigenvalue weighted by molar-refractivity contribution is 5.50. The van der Waals surface area contributed by atoms with E-state index in [9.17, 15) is 5.11 Å². The summed E-state index contributed by atoms with van der Waals surface area (Å²) in [6.07, 6.45) is 3.72. The van der Waals surface area contributed by atoms with E-state index in [0.717, 1.165) is 17.8 Å². The van der Waals surface area contributed by atoms with Crippen molar-refractivity contribution in [2.75, 3.05) is 11.9 Å². The molecule has 0 atom stereocenters. The maximum Gasteiger partial charge on any atom is 0.118 e. The van der Waals surface area contributed by atoms with Gasteiger partial charge in [-0.25, -0.2) is 0 Å². The van der Waals surface area contributed by atoms with Crippen molar-refractivity contribution in [2.45, 2.75) is 33.1 Å². The molecular formula is C12H19NO. The summed E-state index contributed by atoms with van der Waals surface area (Å²) in [6.45, 7) is 5.12. The molecule has 14 heavy (non-hydrogen) atoms. The summed E-state index contributed by atoms with van der Waals surface area (Å²) in [7, 11) is 0. The number of hydrogen-bond donors (Lipinski definition) is 2. The van der Waals surface area contributed by atoms with Crippen LogP contribution in [-0.4, -0.2) is 11.7 Å². The lowest BCUT2D eigenvalue weighted by molar-refractivity contribution is 0.471. The molecular weight excluding hydrogens is 174 g/mol. The van der Waals surface area contributed by atoms with Crippen LogP contribution in [0, 0.1) is 6.92 Å². The van der Waals surface area contributed by atoms with E-state index in [1.165, 1.54) is 19.3 Å². The van der Waals surface area contributed by atoms with Gasteiger partial charge in [0, 0.05) is 12.2 Å². The Labute approximate surface area is 86.0 Å². The summed E-state index contributed by atoms with van der Waals surface area (Å²) in [5, 5.41) is 12.7. The van der Waals surface area contributed by atoms with Crippen LogP contribution < -0.4 is 5.32 Å². The second-order valence-corrected chi connectivity index (χ2v) is 3.64. The number of phenolic OH excluding ortho intramolecular Hbond substituents is 1. The molecule has 0 saturated carbocycles. The van der Waals surface area contributed by atoms with Crippen LogP contribution in [0.4, 0.5) is 5.69 Å². The van der Waals surface area contributed by atoms with E-state index in [-0.39, 0.29) is 0 Å².